The number of hydrogen-bond acceptors (Lipinski definition) is 6. The van der Waals surface area contributed by atoms with Crippen molar-refractivity contribution in [2.24, 2.45) is 17.9 Å². The van der Waals surface area contributed by atoms with Crippen molar-refractivity contribution < 1.29 is 9.94 Å². The van der Waals surface area contributed by atoms with Crippen molar-refractivity contribution in [3.8, 4) is 5.75 Å². The molecule has 2 rings (SSSR count). The van der Waals surface area contributed by atoms with Gasteiger partial charge < -0.3 is 20.2 Å². The fraction of sp³-hybridized carbons (Fsp3) is 0.250. The molecule has 3 N–H and O–H groups in total. The minimum absolute atomic E-state index is 0.0672. The zero-order valence-electron chi connectivity index (χ0n) is 11.1. The summed E-state index contributed by atoms with van der Waals surface area (Å²) in [7, 11) is 3.49. The normalized spacial score (nSPS) is 11.6. The van der Waals surface area contributed by atoms with Crippen molar-refractivity contribution in [3.05, 3.63) is 35.7 Å². The molecule has 0 spiro atoms. The summed E-state index contributed by atoms with van der Waals surface area (Å²) < 4.78 is 7.15. The zero-order chi connectivity index (χ0) is 14.5. The van der Waals surface area contributed by atoms with Gasteiger partial charge in [-0.15, -0.1) is 10.2 Å². The van der Waals surface area contributed by atoms with Crippen LogP contribution in [0.25, 0.3) is 0 Å². The smallest absolute Gasteiger partial charge is 0.191 e. The first-order valence-corrected chi connectivity index (χ1v) is 6.76. The Balaban J connectivity index is 2.22. The largest absolute Gasteiger partial charge is 0.496 e. The molecule has 0 fully saturated rings. The van der Waals surface area contributed by atoms with E-state index in [1.54, 1.807) is 25.6 Å². The first-order chi connectivity index (χ1) is 9.65. The number of rotatable bonds is 5. The van der Waals surface area contributed by atoms with Crippen molar-refractivity contribution in [3.63, 3.8) is 0 Å². The lowest BCUT2D eigenvalue weighted by Crippen LogP contribution is -2.13. The van der Waals surface area contributed by atoms with Gasteiger partial charge in [-0.05, 0) is 18.2 Å². The fourth-order valence-electron chi connectivity index (χ4n) is 1.65. The number of aryl methyl sites for hydroxylation is 1. The second-order valence-electron chi connectivity index (χ2n) is 4.02. The monoisotopic (exact) mass is 293 g/mol. The van der Waals surface area contributed by atoms with Gasteiger partial charge in [-0.3, -0.25) is 0 Å². The van der Waals surface area contributed by atoms with E-state index < -0.39 is 0 Å². The number of hydrogen-bond donors (Lipinski definition) is 2. The molecule has 2 aromatic rings. The number of nitrogens with two attached hydrogens (primary N) is 1. The zero-order valence-corrected chi connectivity index (χ0v) is 12.0. The van der Waals surface area contributed by atoms with E-state index in [9.17, 15) is 0 Å². The Morgan fingerprint density at radius 3 is 2.95 bits per heavy atom. The summed E-state index contributed by atoms with van der Waals surface area (Å²) in [6.07, 6.45) is 1.65. The van der Waals surface area contributed by atoms with Crippen molar-refractivity contribution in [1.82, 2.24) is 14.8 Å². The maximum atomic E-state index is 8.73. The average molecular weight is 293 g/mol. The van der Waals surface area contributed by atoms with Crippen molar-refractivity contribution in [2.75, 3.05) is 7.11 Å². The molecule has 0 bridgehead atoms. The predicted molar refractivity (Wildman–Crippen MR) is 76.1 cm³/mol. The van der Waals surface area contributed by atoms with Crippen LogP contribution in [0.2, 0.25) is 0 Å². The van der Waals surface area contributed by atoms with Gasteiger partial charge in [0.25, 0.3) is 0 Å². The molecule has 0 radical (unpaired) electrons. The second kappa shape index (κ2) is 6.29. The van der Waals surface area contributed by atoms with Gasteiger partial charge in [-0.25, -0.2) is 0 Å². The summed E-state index contributed by atoms with van der Waals surface area (Å²) in [5.41, 5.74) is 7.17. The number of amidine groups is 1. The van der Waals surface area contributed by atoms with Gasteiger partial charge in [0.1, 0.15) is 12.1 Å². The topological polar surface area (TPSA) is 98.6 Å². The molecular formula is C12H15N5O2S. The molecule has 20 heavy (non-hydrogen) atoms. The lowest BCUT2D eigenvalue weighted by molar-refractivity contribution is 0.318. The van der Waals surface area contributed by atoms with Gasteiger partial charge in [0.05, 0.1) is 7.11 Å². The summed E-state index contributed by atoms with van der Waals surface area (Å²) in [5, 5.41) is 20.4. The van der Waals surface area contributed by atoms with E-state index in [2.05, 4.69) is 15.4 Å². The molecule has 0 aliphatic carbocycles. The highest BCUT2D eigenvalue weighted by Gasteiger charge is 2.09. The fourth-order valence-corrected chi connectivity index (χ4v) is 2.52. The van der Waals surface area contributed by atoms with Crippen LogP contribution in [0.3, 0.4) is 0 Å². The highest BCUT2D eigenvalue weighted by molar-refractivity contribution is 7.98. The maximum Gasteiger partial charge on any atom is 0.191 e. The minimum Gasteiger partial charge on any atom is -0.496 e. The average Bonchev–Trinajstić information content (AvgIpc) is 2.89. The third-order valence-corrected chi connectivity index (χ3v) is 3.79. The Labute approximate surface area is 120 Å². The number of benzene rings is 1. The Morgan fingerprint density at radius 1 is 1.55 bits per heavy atom. The standard InChI is InChI=1S/C12H15N5O2S/c1-17-7-14-15-12(17)20-6-9-5-8(11(13)16-18)3-4-10(9)19-2/h3-5,7,18H,6H2,1-2H3,(H2,13,16). The molecule has 1 heterocycles. The Kier molecular flexibility index (Phi) is 4.46. The SMILES string of the molecule is COc1ccc(/C(N)=N/O)cc1CSc1nncn1C. The van der Waals surface area contributed by atoms with Crippen LogP contribution in [0.5, 0.6) is 5.75 Å². The van der Waals surface area contributed by atoms with Crippen LogP contribution >= 0.6 is 11.8 Å². The van der Waals surface area contributed by atoms with Gasteiger partial charge in [-0.2, -0.15) is 0 Å². The van der Waals surface area contributed by atoms with E-state index in [0.717, 1.165) is 16.5 Å². The molecule has 0 aliphatic rings. The van der Waals surface area contributed by atoms with Gasteiger partial charge in [0, 0.05) is 23.9 Å². The molecule has 1 aromatic heterocycles. The Hall–Kier alpha value is -2.22. The lowest BCUT2D eigenvalue weighted by atomic mass is 10.1. The summed E-state index contributed by atoms with van der Waals surface area (Å²) in [6, 6.07) is 5.36. The van der Waals surface area contributed by atoms with Crippen molar-refractivity contribution in [1.29, 1.82) is 0 Å². The predicted octanol–water partition coefficient (Wildman–Crippen LogP) is 1.21. The van der Waals surface area contributed by atoms with E-state index in [4.69, 9.17) is 15.7 Å². The summed E-state index contributed by atoms with van der Waals surface area (Å²) in [6.45, 7) is 0. The van der Waals surface area contributed by atoms with Crippen LogP contribution in [-0.2, 0) is 12.8 Å². The molecule has 0 aliphatic heterocycles. The number of methoxy groups -OCH3 is 1. The third kappa shape index (κ3) is 3.02. The number of aromatic nitrogens is 3. The molecule has 106 valence electrons. The van der Waals surface area contributed by atoms with Crippen molar-refractivity contribution >= 4 is 17.6 Å². The minimum atomic E-state index is 0.0672. The first kappa shape index (κ1) is 14.2. The van der Waals surface area contributed by atoms with Crippen LogP contribution in [0, 0.1) is 0 Å². The Bertz CT molecular complexity index is 626. The highest BCUT2D eigenvalue weighted by atomic mass is 32.2. The quantitative estimate of drug-likeness (QED) is 0.283. The molecule has 0 amide bonds. The number of thioether (sulfide) groups is 1. The summed E-state index contributed by atoms with van der Waals surface area (Å²) >= 11 is 1.53. The Morgan fingerprint density at radius 2 is 2.35 bits per heavy atom. The second-order valence-corrected chi connectivity index (χ2v) is 4.97. The molecule has 0 saturated carbocycles. The summed E-state index contributed by atoms with van der Waals surface area (Å²) in [4.78, 5) is 0. The van der Waals surface area contributed by atoms with Crippen molar-refractivity contribution in [2.45, 2.75) is 10.9 Å². The molecule has 0 saturated heterocycles. The van der Waals surface area contributed by atoms with Gasteiger partial charge >= 0.3 is 0 Å². The molecule has 8 heteroatoms. The van der Waals surface area contributed by atoms with Crippen LogP contribution < -0.4 is 10.5 Å². The van der Waals surface area contributed by atoms with Gasteiger partial charge in [0.15, 0.2) is 11.0 Å². The third-order valence-electron chi connectivity index (χ3n) is 2.71. The maximum absolute atomic E-state index is 8.73. The number of nitrogens with zero attached hydrogens (tertiary/aromatic N) is 4. The summed E-state index contributed by atoms with van der Waals surface area (Å²) in [5.74, 6) is 1.45. The van der Waals surface area contributed by atoms with E-state index in [0.29, 0.717) is 11.3 Å². The van der Waals surface area contributed by atoms with Gasteiger partial charge in [-0.1, -0.05) is 16.9 Å². The molecule has 0 atom stereocenters. The molecule has 0 unspecified atom stereocenters. The van der Waals surface area contributed by atoms with E-state index in [-0.39, 0.29) is 5.84 Å². The van der Waals surface area contributed by atoms with E-state index in [1.165, 1.54) is 11.8 Å². The van der Waals surface area contributed by atoms with E-state index in [1.807, 2.05) is 17.7 Å². The lowest BCUT2D eigenvalue weighted by Gasteiger charge is -2.10. The van der Waals surface area contributed by atoms with Crippen LogP contribution in [0.15, 0.2) is 34.8 Å². The molecular weight excluding hydrogens is 278 g/mol. The molecule has 1 aromatic carbocycles. The number of ether oxygens (including phenoxy) is 1. The highest BCUT2D eigenvalue weighted by Crippen LogP contribution is 2.27. The van der Waals surface area contributed by atoms with Crippen LogP contribution in [-0.4, -0.2) is 32.9 Å². The first-order valence-electron chi connectivity index (χ1n) is 5.77. The van der Waals surface area contributed by atoms with Gasteiger partial charge in [0.2, 0.25) is 0 Å². The van der Waals surface area contributed by atoms with E-state index >= 15 is 0 Å². The molecule has 7 nitrogen and oxygen atoms in total. The van der Waals surface area contributed by atoms with Crippen LogP contribution in [0.1, 0.15) is 11.1 Å². The number of oxime groups is 1. The van der Waals surface area contributed by atoms with Crippen LogP contribution in [0.4, 0.5) is 0 Å².